The Balaban J connectivity index is 0.000000383. The van der Waals surface area contributed by atoms with Crippen molar-refractivity contribution in [3.05, 3.63) is 36.3 Å². The molecule has 4 aliphatic rings. The summed E-state index contributed by atoms with van der Waals surface area (Å²) in [6, 6.07) is 0. The molecule has 0 aromatic rings. The second-order valence-electron chi connectivity index (χ2n) is 9.82. The van der Waals surface area contributed by atoms with E-state index in [-0.39, 0.29) is 31.3 Å². The van der Waals surface area contributed by atoms with Crippen molar-refractivity contribution in [3.8, 4) is 0 Å². The molecule has 3 fully saturated rings. The van der Waals surface area contributed by atoms with Gasteiger partial charge in [-0.3, -0.25) is 14.5 Å². The second-order valence-corrected chi connectivity index (χ2v) is 15.9. The first-order valence-electron chi connectivity index (χ1n) is 12.6. The van der Waals surface area contributed by atoms with Crippen LogP contribution in [0, 0.1) is 25.7 Å². The molecule has 4 atom stereocenters. The second kappa shape index (κ2) is 15.7. The number of hydrogen-bond acceptors (Lipinski definition) is 2. The Morgan fingerprint density at radius 3 is 1.11 bits per heavy atom. The molecule has 207 valence electrons. The molecule has 36 heavy (non-hydrogen) atoms. The van der Waals surface area contributed by atoms with Crippen molar-refractivity contribution >= 4 is 34.9 Å². The zero-order chi connectivity index (χ0) is 26.3. The van der Waals surface area contributed by atoms with E-state index in [1.54, 1.807) is 7.05 Å². The SMILES string of the molecule is C[C@@H]1CC[C@@H](C)P1C1=C(P2[C@H](C)CC[C@H]2C)C(=O)N(C)C1=O.F[B-](F)(F)F.[CH]1[CH]CC[CH][CH]CC1.[Rh]. The molecule has 0 N–H and O–H groups in total. The Labute approximate surface area is 230 Å². The van der Waals surface area contributed by atoms with Crippen LogP contribution >= 0.6 is 15.8 Å². The van der Waals surface area contributed by atoms with Crippen LogP contribution in [0.3, 0.4) is 0 Å². The number of likely N-dealkylation sites (N-methyl/N-ethyl adjacent to an activating group) is 1. The van der Waals surface area contributed by atoms with Crippen LogP contribution in [-0.4, -0.2) is 53.7 Å². The van der Waals surface area contributed by atoms with E-state index in [9.17, 15) is 26.9 Å². The third kappa shape index (κ3) is 9.71. The molecule has 0 aromatic carbocycles. The van der Waals surface area contributed by atoms with Gasteiger partial charge in [0.2, 0.25) is 0 Å². The molecule has 4 rings (SSSR count). The molecule has 1 saturated carbocycles. The molecule has 0 spiro atoms. The minimum Gasteiger partial charge on any atom is -0.418 e. The van der Waals surface area contributed by atoms with Crippen molar-refractivity contribution in [2.24, 2.45) is 0 Å². The third-order valence-electron chi connectivity index (χ3n) is 6.99. The Kier molecular flexibility index (Phi) is 14.9. The first-order chi connectivity index (χ1) is 16.3. The van der Waals surface area contributed by atoms with Crippen molar-refractivity contribution in [3.63, 3.8) is 0 Å². The fourth-order valence-corrected chi connectivity index (χ4v) is 12.5. The quantitative estimate of drug-likeness (QED) is 0.133. The molecule has 3 heterocycles. The number of rotatable bonds is 2. The van der Waals surface area contributed by atoms with Gasteiger partial charge in [-0.2, -0.15) is 0 Å². The summed E-state index contributed by atoms with van der Waals surface area (Å²) >= 11 is 0. The number of amides is 2. The standard InChI is InChI=1S/C17H27NO2P2.C8H12.BF4.Rh/c1-10-6-7-11(2)21(10)14-15(17(20)18(5)16(14)19)22-12(3)8-9-13(22)4;1-2-4-6-8-7-5-3-1;2-1(3,4)5;/h10-13H,6-9H2,1-5H3;1-2,7-8H,3-6H2;;/q;;-1;/t10-,11-,12-,13-;;;/m1.../s1. The number of imide groups is 1. The maximum Gasteiger partial charge on any atom is 0.673 e. The minimum absolute atomic E-state index is 0. The van der Waals surface area contributed by atoms with Crippen molar-refractivity contribution in [2.75, 3.05) is 7.05 Å². The summed E-state index contributed by atoms with van der Waals surface area (Å²) in [7, 11) is -5.26. The van der Waals surface area contributed by atoms with Crippen LogP contribution in [0.4, 0.5) is 17.3 Å². The van der Waals surface area contributed by atoms with Crippen LogP contribution in [0.5, 0.6) is 0 Å². The molecular formula is C25H39BF4NO2P2Rh-. The third-order valence-corrected chi connectivity index (χ3v) is 13.9. The molecule has 5 radical (unpaired) electrons. The first kappa shape index (κ1) is 34.2. The summed E-state index contributed by atoms with van der Waals surface area (Å²) in [4.78, 5) is 27.1. The van der Waals surface area contributed by atoms with Crippen LogP contribution in [0.15, 0.2) is 10.6 Å². The molecule has 11 heteroatoms. The summed E-state index contributed by atoms with van der Waals surface area (Å²) in [6.07, 6.45) is 18.8. The minimum atomic E-state index is -6.00. The van der Waals surface area contributed by atoms with E-state index in [0.29, 0.717) is 22.6 Å². The average Bonchev–Trinajstić information content (AvgIpc) is 3.30. The molecule has 3 nitrogen and oxygen atoms in total. The largest absolute Gasteiger partial charge is 0.673 e. The van der Waals surface area contributed by atoms with Gasteiger partial charge in [0, 0.05) is 26.5 Å². The van der Waals surface area contributed by atoms with Gasteiger partial charge in [-0.1, -0.05) is 43.5 Å². The summed E-state index contributed by atoms with van der Waals surface area (Å²) in [6.45, 7) is 9.13. The van der Waals surface area contributed by atoms with Gasteiger partial charge >= 0.3 is 7.25 Å². The van der Waals surface area contributed by atoms with Gasteiger partial charge in [0.15, 0.2) is 0 Å². The van der Waals surface area contributed by atoms with Crippen molar-refractivity contribution in [1.29, 1.82) is 0 Å². The molecule has 1 aliphatic carbocycles. The number of carbonyl (C=O) groups is 2. The molecule has 2 saturated heterocycles. The van der Waals surface area contributed by atoms with Gasteiger partial charge in [0.25, 0.3) is 11.8 Å². The predicted molar refractivity (Wildman–Crippen MR) is 141 cm³/mol. The Morgan fingerprint density at radius 1 is 0.667 bits per heavy atom. The van der Waals surface area contributed by atoms with E-state index in [4.69, 9.17) is 0 Å². The molecule has 2 amide bonds. The number of hydrogen-bond donors (Lipinski definition) is 0. The van der Waals surface area contributed by atoms with Gasteiger partial charge in [0.1, 0.15) is 0 Å². The zero-order valence-electron chi connectivity index (χ0n) is 21.9. The average molecular weight is 637 g/mol. The Bertz CT molecular complexity index is 675. The van der Waals surface area contributed by atoms with Crippen LogP contribution in [0.25, 0.3) is 0 Å². The molecule has 0 aromatic heterocycles. The van der Waals surface area contributed by atoms with Crippen molar-refractivity contribution in [2.45, 2.75) is 102 Å². The van der Waals surface area contributed by atoms with Crippen LogP contribution in [0.2, 0.25) is 0 Å². The molecule has 0 bridgehead atoms. The van der Waals surface area contributed by atoms with Gasteiger partial charge in [-0.15, -0.1) is 0 Å². The maximum atomic E-state index is 12.8. The number of nitrogens with zero attached hydrogens (tertiary/aromatic N) is 1. The topological polar surface area (TPSA) is 37.4 Å². The van der Waals surface area contributed by atoms with E-state index >= 15 is 0 Å². The van der Waals surface area contributed by atoms with E-state index in [1.807, 2.05) is 0 Å². The molecule has 3 aliphatic heterocycles. The molecule has 0 unspecified atom stereocenters. The van der Waals surface area contributed by atoms with Gasteiger partial charge in [-0.05, 0) is 99.7 Å². The van der Waals surface area contributed by atoms with Crippen LogP contribution in [-0.2, 0) is 29.1 Å². The number of carbonyl (C=O) groups excluding carboxylic acids is 2. The summed E-state index contributed by atoms with van der Waals surface area (Å²) in [5, 5.41) is 1.96. The van der Waals surface area contributed by atoms with Crippen LogP contribution in [0.1, 0.15) is 79.1 Å². The number of halogens is 4. The van der Waals surface area contributed by atoms with Crippen LogP contribution < -0.4 is 0 Å². The maximum absolute atomic E-state index is 12.8. The molecular weight excluding hydrogens is 598 g/mol. The first-order valence-corrected chi connectivity index (χ1v) is 15.6. The fourth-order valence-electron chi connectivity index (χ4n) is 5.21. The van der Waals surface area contributed by atoms with Crippen molar-refractivity contribution < 1.29 is 46.3 Å². The summed E-state index contributed by atoms with van der Waals surface area (Å²) in [5.41, 5.74) is 2.34. The van der Waals surface area contributed by atoms with Gasteiger partial charge in [-0.25, -0.2) is 0 Å². The smallest absolute Gasteiger partial charge is 0.418 e. The van der Waals surface area contributed by atoms with Gasteiger partial charge in [0.05, 0.1) is 10.6 Å². The Hall–Kier alpha value is 0.148. The van der Waals surface area contributed by atoms with E-state index in [1.165, 1.54) is 56.3 Å². The predicted octanol–water partition coefficient (Wildman–Crippen LogP) is 7.98. The normalized spacial score (nSPS) is 30.2. The summed E-state index contributed by atoms with van der Waals surface area (Å²) in [5.74, 6) is 0.0565. The summed E-state index contributed by atoms with van der Waals surface area (Å²) < 4.78 is 39.0. The van der Waals surface area contributed by atoms with E-state index in [0.717, 1.165) is 10.6 Å². The van der Waals surface area contributed by atoms with E-state index < -0.39 is 23.1 Å². The fraction of sp³-hybridized carbons (Fsp3) is 0.680. The van der Waals surface area contributed by atoms with E-state index in [2.05, 4.69) is 53.4 Å². The van der Waals surface area contributed by atoms with Crippen molar-refractivity contribution in [1.82, 2.24) is 4.90 Å². The Morgan fingerprint density at radius 2 is 0.889 bits per heavy atom. The zero-order valence-corrected chi connectivity index (χ0v) is 25.3. The monoisotopic (exact) mass is 637 g/mol. The van der Waals surface area contributed by atoms with Gasteiger partial charge < -0.3 is 17.3 Å².